The molecule has 8 heteroatoms. The van der Waals surface area contributed by atoms with Crippen molar-refractivity contribution in [3.8, 4) is 28.8 Å². The highest BCUT2D eigenvalue weighted by Gasteiger charge is 2.21. The topological polar surface area (TPSA) is 107 Å². The summed E-state index contributed by atoms with van der Waals surface area (Å²) in [5.41, 5.74) is 3.73. The van der Waals surface area contributed by atoms with E-state index in [2.05, 4.69) is 15.3 Å². The number of aromatic nitrogens is 2. The van der Waals surface area contributed by atoms with Crippen molar-refractivity contribution in [1.29, 1.82) is 0 Å². The first-order chi connectivity index (χ1) is 14.5. The first-order valence-electron chi connectivity index (χ1n) is 9.68. The van der Waals surface area contributed by atoms with E-state index < -0.39 is 0 Å². The smallest absolute Gasteiger partial charge is 0.257 e. The summed E-state index contributed by atoms with van der Waals surface area (Å²) in [6.07, 6.45) is 2.88. The highest BCUT2D eigenvalue weighted by Crippen LogP contribution is 2.32. The third kappa shape index (κ3) is 3.68. The van der Waals surface area contributed by atoms with Crippen molar-refractivity contribution in [2.24, 2.45) is 0 Å². The minimum Gasteiger partial charge on any atom is -0.504 e. The number of aryl methyl sites for hydroxylation is 3. The molecule has 2 aromatic heterocycles. The van der Waals surface area contributed by atoms with Crippen LogP contribution in [0.15, 0.2) is 28.7 Å². The second-order valence-electron chi connectivity index (χ2n) is 7.10. The highest BCUT2D eigenvalue weighted by molar-refractivity contribution is 5.96. The van der Waals surface area contributed by atoms with Gasteiger partial charge in [-0.05, 0) is 56.0 Å². The van der Waals surface area contributed by atoms with Gasteiger partial charge in [-0.25, -0.2) is 9.97 Å². The third-order valence-corrected chi connectivity index (χ3v) is 5.19. The molecule has 0 bridgehead atoms. The molecule has 0 unspecified atom stereocenters. The van der Waals surface area contributed by atoms with Gasteiger partial charge in [-0.1, -0.05) is 0 Å². The molecule has 1 aromatic carbocycles. The summed E-state index contributed by atoms with van der Waals surface area (Å²) in [4.78, 5) is 21.7. The van der Waals surface area contributed by atoms with Gasteiger partial charge in [-0.3, -0.25) is 4.79 Å². The molecule has 3 aromatic rings. The molecule has 0 radical (unpaired) electrons. The Hall–Kier alpha value is -3.55. The number of pyridine rings is 1. The van der Waals surface area contributed by atoms with Gasteiger partial charge in [-0.15, -0.1) is 0 Å². The Morgan fingerprint density at radius 3 is 2.77 bits per heavy atom. The lowest BCUT2D eigenvalue weighted by Gasteiger charge is -2.10. The zero-order valence-corrected chi connectivity index (χ0v) is 17.1. The second kappa shape index (κ2) is 8.06. The molecule has 0 spiro atoms. The second-order valence-corrected chi connectivity index (χ2v) is 7.10. The number of methoxy groups -OCH3 is 2. The van der Waals surface area contributed by atoms with Gasteiger partial charge in [0.2, 0.25) is 11.8 Å². The largest absolute Gasteiger partial charge is 0.504 e. The lowest BCUT2D eigenvalue weighted by atomic mass is 10.1. The van der Waals surface area contributed by atoms with E-state index in [0.717, 1.165) is 30.5 Å². The number of amides is 1. The average molecular weight is 409 g/mol. The van der Waals surface area contributed by atoms with Crippen molar-refractivity contribution in [3.05, 3.63) is 52.5 Å². The number of hydrogen-bond donors (Lipinski definition) is 2. The van der Waals surface area contributed by atoms with Gasteiger partial charge in [0.25, 0.3) is 5.91 Å². The molecular formula is C22H23N3O5. The van der Waals surface area contributed by atoms with E-state index in [1.807, 2.05) is 6.07 Å². The van der Waals surface area contributed by atoms with E-state index >= 15 is 0 Å². The maximum absolute atomic E-state index is 12.8. The van der Waals surface area contributed by atoms with E-state index in [1.54, 1.807) is 19.1 Å². The summed E-state index contributed by atoms with van der Waals surface area (Å²) in [6.45, 7) is 1.97. The molecular weight excluding hydrogens is 386 g/mol. The van der Waals surface area contributed by atoms with Gasteiger partial charge in [0.1, 0.15) is 17.0 Å². The van der Waals surface area contributed by atoms with E-state index in [4.69, 9.17) is 13.9 Å². The Bertz CT molecular complexity index is 1110. The van der Waals surface area contributed by atoms with Crippen LogP contribution in [0, 0.1) is 6.92 Å². The maximum atomic E-state index is 12.8. The molecule has 0 atom stereocenters. The van der Waals surface area contributed by atoms with Crippen molar-refractivity contribution >= 4 is 5.91 Å². The number of benzene rings is 1. The number of rotatable bonds is 6. The molecule has 8 nitrogen and oxygen atoms in total. The lowest BCUT2D eigenvalue weighted by Crippen LogP contribution is -2.24. The molecule has 30 heavy (non-hydrogen) atoms. The van der Waals surface area contributed by atoms with E-state index in [-0.39, 0.29) is 18.2 Å². The number of hydrogen-bond acceptors (Lipinski definition) is 7. The van der Waals surface area contributed by atoms with Crippen LogP contribution in [0.3, 0.4) is 0 Å². The quantitative estimate of drug-likeness (QED) is 0.644. The fraction of sp³-hybridized carbons (Fsp3) is 0.318. The highest BCUT2D eigenvalue weighted by atomic mass is 16.5. The Morgan fingerprint density at radius 2 is 2.03 bits per heavy atom. The van der Waals surface area contributed by atoms with Crippen LogP contribution in [0.25, 0.3) is 11.5 Å². The van der Waals surface area contributed by atoms with Crippen molar-refractivity contribution in [2.75, 3.05) is 14.2 Å². The van der Waals surface area contributed by atoms with Gasteiger partial charge >= 0.3 is 0 Å². The molecule has 1 aliphatic rings. The van der Waals surface area contributed by atoms with Gasteiger partial charge in [0, 0.05) is 11.3 Å². The number of phenolic OH excluding ortho intramolecular Hbond substituents is 1. The first kappa shape index (κ1) is 19.8. The van der Waals surface area contributed by atoms with Crippen LogP contribution in [0.2, 0.25) is 0 Å². The fourth-order valence-electron chi connectivity index (χ4n) is 3.57. The van der Waals surface area contributed by atoms with Gasteiger partial charge in [0.05, 0.1) is 20.8 Å². The van der Waals surface area contributed by atoms with Crippen LogP contribution in [0.1, 0.15) is 39.5 Å². The van der Waals surface area contributed by atoms with Crippen LogP contribution >= 0.6 is 0 Å². The van der Waals surface area contributed by atoms with Crippen molar-refractivity contribution in [3.63, 3.8) is 0 Å². The minimum absolute atomic E-state index is 0.00286. The third-order valence-electron chi connectivity index (χ3n) is 5.19. The number of nitrogens with one attached hydrogen (secondary N) is 1. The number of carbonyl (C=O) groups is 1. The molecule has 2 N–H and O–H groups in total. The summed E-state index contributed by atoms with van der Waals surface area (Å²) in [5, 5.41) is 12.8. The molecule has 0 saturated carbocycles. The SMILES string of the molecule is COc1ccc(-c2nc(CNC(=O)c3cc4c(nc3OC)CCC4)c(C)o2)cc1O. The minimum atomic E-state index is -0.278. The average Bonchev–Trinajstić information content (AvgIpc) is 3.36. The summed E-state index contributed by atoms with van der Waals surface area (Å²) >= 11 is 0. The number of fused-ring (bicyclic) bond motifs is 1. The Kier molecular flexibility index (Phi) is 5.31. The summed E-state index contributed by atoms with van der Waals surface area (Å²) in [6, 6.07) is 6.77. The number of phenols is 1. The van der Waals surface area contributed by atoms with Gasteiger partial charge < -0.3 is 24.3 Å². The van der Waals surface area contributed by atoms with E-state index in [0.29, 0.717) is 40.1 Å². The normalized spacial score (nSPS) is 12.5. The zero-order valence-electron chi connectivity index (χ0n) is 17.1. The molecule has 1 aliphatic carbocycles. The standard InChI is InChI=1S/C22H23N3O5/c1-12-17(25-21(30-12)14-7-8-19(28-2)18(26)10-14)11-23-20(27)15-9-13-5-4-6-16(13)24-22(15)29-3/h7-10,26H,4-6,11H2,1-3H3,(H,23,27). The fourth-order valence-corrected chi connectivity index (χ4v) is 3.57. The predicted octanol–water partition coefficient (Wildman–Crippen LogP) is 3.19. The maximum Gasteiger partial charge on any atom is 0.257 e. The summed E-state index contributed by atoms with van der Waals surface area (Å²) in [7, 11) is 3.00. The lowest BCUT2D eigenvalue weighted by molar-refractivity contribution is 0.0946. The molecule has 0 aliphatic heterocycles. The van der Waals surface area contributed by atoms with Gasteiger partial charge in [-0.2, -0.15) is 0 Å². The van der Waals surface area contributed by atoms with Crippen molar-refractivity contribution in [2.45, 2.75) is 32.7 Å². The van der Waals surface area contributed by atoms with Crippen LogP contribution in [-0.2, 0) is 19.4 Å². The molecule has 2 heterocycles. The van der Waals surface area contributed by atoms with Crippen LogP contribution in [0.5, 0.6) is 17.4 Å². The summed E-state index contributed by atoms with van der Waals surface area (Å²) in [5.74, 6) is 1.36. The molecule has 0 fully saturated rings. The number of ether oxygens (including phenoxy) is 2. The molecule has 1 amide bonds. The first-order valence-corrected chi connectivity index (χ1v) is 9.68. The van der Waals surface area contributed by atoms with Crippen molar-refractivity contribution < 1.29 is 23.8 Å². The number of carbonyl (C=O) groups excluding carboxylic acids is 1. The van der Waals surface area contributed by atoms with E-state index in [9.17, 15) is 9.90 Å². The molecule has 4 rings (SSSR count). The molecule has 0 saturated heterocycles. The zero-order chi connectivity index (χ0) is 21.3. The number of oxazole rings is 1. The predicted molar refractivity (Wildman–Crippen MR) is 109 cm³/mol. The monoisotopic (exact) mass is 409 g/mol. The summed E-state index contributed by atoms with van der Waals surface area (Å²) < 4.78 is 16.1. The van der Waals surface area contributed by atoms with Crippen LogP contribution in [-0.4, -0.2) is 35.2 Å². The molecule has 156 valence electrons. The number of nitrogens with zero attached hydrogens (tertiary/aromatic N) is 2. The van der Waals surface area contributed by atoms with Gasteiger partial charge in [0.15, 0.2) is 11.5 Å². The van der Waals surface area contributed by atoms with Crippen LogP contribution in [0.4, 0.5) is 0 Å². The Labute approximate surface area is 173 Å². The van der Waals surface area contributed by atoms with Crippen molar-refractivity contribution in [1.82, 2.24) is 15.3 Å². The Morgan fingerprint density at radius 1 is 1.20 bits per heavy atom. The number of aromatic hydroxyl groups is 1. The van der Waals surface area contributed by atoms with E-state index in [1.165, 1.54) is 20.3 Å². The van der Waals surface area contributed by atoms with Crippen LogP contribution < -0.4 is 14.8 Å². The Balaban J connectivity index is 1.51.